The molecule has 3 aromatic rings. The molecule has 1 amide bonds. The Balaban J connectivity index is 1.80. The second-order valence-corrected chi connectivity index (χ2v) is 5.78. The minimum atomic E-state index is -0.509. The van der Waals surface area contributed by atoms with Crippen LogP contribution in [0, 0.1) is 0 Å². The highest BCUT2D eigenvalue weighted by Crippen LogP contribution is 2.27. The summed E-state index contributed by atoms with van der Waals surface area (Å²) in [5.74, 6) is -0.220. The number of nitrogens with one attached hydrogen (secondary N) is 1. The zero-order valence-electron chi connectivity index (χ0n) is 10.6. The van der Waals surface area contributed by atoms with Crippen molar-refractivity contribution in [2.24, 2.45) is 0 Å². The summed E-state index contributed by atoms with van der Waals surface area (Å²) in [5.41, 5.74) is 0.547. The van der Waals surface area contributed by atoms with Gasteiger partial charge in [-0.2, -0.15) is 0 Å². The van der Waals surface area contributed by atoms with Gasteiger partial charge in [0.1, 0.15) is 0 Å². The van der Waals surface area contributed by atoms with Crippen LogP contribution in [0.4, 0.5) is 6.01 Å². The van der Waals surface area contributed by atoms with E-state index in [2.05, 4.69) is 31.4 Å². The minimum absolute atomic E-state index is 0.0661. The summed E-state index contributed by atoms with van der Waals surface area (Å²) in [4.78, 5) is 11.9. The van der Waals surface area contributed by atoms with E-state index in [-0.39, 0.29) is 17.7 Å². The molecule has 3 rings (SSSR count). The Labute approximate surface area is 142 Å². The van der Waals surface area contributed by atoms with Crippen molar-refractivity contribution < 1.29 is 13.6 Å². The number of nitrogens with zero attached hydrogens (tertiary/aromatic N) is 2. The summed E-state index contributed by atoms with van der Waals surface area (Å²) in [7, 11) is 0. The molecule has 0 saturated carbocycles. The van der Waals surface area contributed by atoms with E-state index < -0.39 is 5.91 Å². The lowest BCUT2D eigenvalue weighted by Crippen LogP contribution is -2.10. The number of furan rings is 1. The molecule has 0 radical (unpaired) electrons. The highest BCUT2D eigenvalue weighted by molar-refractivity contribution is 9.10. The van der Waals surface area contributed by atoms with E-state index in [1.807, 2.05) is 0 Å². The third kappa shape index (κ3) is 3.32. The topological polar surface area (TPSA) is 81.2 Å². The fourth-order valence-electron chi connectivity index (χ4n) is 1.66. The van der Waals surface area contributed by atoms with Gasteiger partial charge < -0.3 is 8.83 Å². The number of rotatable bonds is 3. The lowest BCUT2D eigenvalue weighted by atomic mass is 10.2. The molecule has 0 atom stereocenters. The van der Waals surface area contributed by atoms with Crippen molar-refractivity contribution in [3.63, 3.8) is 0 Å². The number of carbonyl (C=O) groups is 1. The minimum Gasteiger partial charge on any atom is -0.444 e. The molecule has 0 saturated heterocycles. The van der Waals surface area contributed by atoms with Gasteiger partial charge in [0, 0.05) is 15.6 Å². The molecule has 0 bridgehead atoms. The lowest BCUT2D eigenvalue weighted by Gasteiger charge is -1.98. The van der Waals surface area contributed by atoms with Crippen molar-refractivity contribution in [1.82, 2.24) is 10.2 Å². The first-order valence-corrected chi connectivity index (χ1v) is 7.43. The first-order chi connectivity index (χ1) is 10.5. The monoisotopic (exact) mass is 401 g/mol. The van der Waals surface area contributed by atoms with Crippen LogP contribution >= 0.6 is 39.1 Å². The van der Waals surface area contributed by atoms with Crippen LogP contribution < -0.4 is 5.32 Å². The van der Waals surface area contributed by atoms with Crippen LogP contribution in [0.25, 0.3) is 11.5 Å². The van der Waals surface area contributed by atoms with Crippen LogP contribution in [0.1, 0.15) is 10.6 Å². The molecule has 2 heterocycles. The molecular formula is C13H6BrCl2N3O3. The number of benzene rings is 1. The van der Waals surface area contributed by atoms with E-state index in [9.17, 15) is 4.79 Å². The molecule has 0 spiro atoms. The predicted molar refractivity (Wildman–Crippen MR) is 84.1 cm³/mol. The van der Waals surface area contributed by atoms with Gasteiger partial charge in [0.2, 0.25) is 5.89 Å². The number of amides is 1. The normalized spacial score (nSPS) is 10.7. The molecule has 1 aromatic carbocycles. The predicted octanol–water partition coefficient (Wildman–Crippen LogP) is 4.65. The zero-order chi connectivity index (χ0) is 15.7. The van der Waals surface area contributed by atoms with Crippen molar-refractivity contribution in [1.29, 1.82) is 0 Å². The Morgan fingerprint density at radius 1 is 1.09 bits per heavy atom. The van der Waals surface area contributed by atoms with Crippen molar-refractivity contribution in [2.45, 2.75) is 0 Å². The quantitative estimate of drug-likeness (QED) is 0.689. The standard InChI is InChI=1S/C13H6BrCl2N3O3/c14-10-2-1-9(21-10)11(20)17-13-19-18-12(22-13)6-3-7(15)5-8(16)4-6/h1-5H,(H,17,19,20). The van der Waals surface area contributed by atoms with E-state index in [0.717, 1.165) is 0 Å². The maximum Gasteiger partial charge on any atom is 0.322 e. The van der Waals surface area contributed by atoms with Gasteiger partial charge in [0.15, 0.2) is 10.4 Å². The van der Waals surface area contributed by atoms with E-state index in [0.29, 0.717) is 20.3 Å². The summed E-state index contributed by atoms with van der Waals surface area (Å²) < 4.78 is 10.9. The highest BCUT2D eigenvalue weighted by atomic mass is 79.9. The van der Waals surface area contributed by atoms with E-state index in [1.54, 1.807) is 24.3 Å². The van der Waals surface area contributed by atoms with Crippen LogP contribution in [-0.4, -0.2) is 16.1 Å². The van der Waals surface area contributed by atoms with Gasteiger partial charge in [-0.05, 0) is 46.3 Å². The van der Waals surface area contributed by atoms with Crippen molar-refractivity contribution in [2.75, 3.05) is 5.32 Å². The molecule has 0 aliphatic rings. The van der Waals surface area contributed by atoms with E-state index in [1.165, 1.54) is 6.07 Å². The smallest absolute Gasteiger partial charge is 0.322 e. The van der Waals surface area contributed by atoms with Gasteiger partial charge >= 0.3 is 6.01 Å². The fraction of sp³-hybridized carbons (Fsp3) is 0. The van der Waals surface area contributed by atoms with E-state index >= 15 is 0 Å². The summed E-state index contributed by atoms with van der Waals surface area (Å²) in [6, 6.07) is 7.87. The van der Waals surface area contributed by atoms with Crippen molar-refractivity contribution in [3.05, 3.63) is 50.8 Å². The number of hydrogen-bond acceptors (Lipinski definition) is 5. The average molecular weight is 403 g/mol. The number of anilines is 1. The number of carbonyl (C=O) groups excluding carboxylic acids is 1. The Morgan fingerprint density at radius 2 is 1.82 bits per heavy atom. The van der Waals surface area contributed by atoms with Crippen LogP contribution in [0.15, 0.2) is 43.8 Å². The van der Waals surface area contributed by atoms with Gasteiger partial charge in [0.05, 0.1) is 0 Å². The number of hydrogen-bond donors (Lipinski definition) is 1. The molecule has 22 heavy (non-hydrogen) atoms. The average Bonchev–Trinajstić information content (AvgIpc) is 3.06. The number of aromatic nitrogens is 2. The molecule has 1 N–H and O–H groups in total. The molecule has 9 heteroatoms. The summed E-state index contributed by atoms with van der Waals surface area (Å²) >= 11 is 14.9. The summed E-state index contributed by atoms with van der Waals surface area (Å²) in [6.45, 7) is 0. The summed E-state index contributed by atoms with van der Waals surface area (Å²) in [5, 5.41) is 10.9. The third-order valence-corrected chi connectivity index (χ3v) is 3.41. The first-order valence-electron chi connectivity index (χ1n) is 5.88. The SMILES string of the molecule is O=C(Nc1nnc(-c2cc(Cl)cc(Cl)c2)o1)c1ccc(Br)o1. The fourth-order valence-corrected chi connectivity index (χ4v) is 2.50. The number of halogens is 3. The third-order valence-electron chi connectivity index (χ3n) is 2.55. The van der Waals surface area contributed by atoms with Crippen LogP contribution in [0.5, 0.6) is 0 Å². The first kappa shape index (κ1) is 15.1. The van der Waals surface area contributed by atoms with Gasteiger partial charge in [-0.15, -0.1) is 5.10 Å². The Bertz CT molecular complexity index is 826. The Kier molecular flexibility index (Phi) is 4.19. The second kappa shape index (κ2) is 6.12. The van der Waals surface area contributed by atoms with Crippen LogP contribution in [-0.2, 0) is 0 Å². The Hall–Kier alpha value is -1.83. The van der Waals surface area contributed by atoms with Crippen LogP contribution in [0.3, 0.4) is 0 Å². The maximum atomic E-state index is 11.9. The zero-order valence-corrected chi connectivity index (χ0v) is 13.7. The maximum absolute atomic E-state index is 11.9. The van der Waals surface area contributed by atoms with E-state index in [4.69, 9.17) is 32.0 Å². The second-order valence-electron chi connectivity index (χ2n) is 4.13. The summed E-state index contributed by atoms with van der Waals surface area (Å²) in [6.07, 6.45) is 0. The van der Waals surface area contributed by atoms with Crippen LogP contribution in [0.2, 0.25) is 10.0 Å². The largest absolute Gasteiger partial charge is 0.444 e. The molecular weight excluding hydrogens is 397 g/mol. The van der Waals surface area contributed by atoms with Gasteiger partial charge in [-0.25, -0.2) is 0 Å². The molecule has 0 unspecified atom stereocenters. The van der Waals surface area contributed by atoms with Gasteiger partial charge in [0.25, 0.3) is 5.91 Å². The van der Waals surface area contributed by atoms with Crippen molar-refractivity contribution in [3.8, 4) is 11.5 Å². The lowest BCUT2D eigenvalue weighted by molar-refractivity contribution is 0.0992. The van der Waals surface area contributed by atoms with Gasteiger partial charge in [-0.3, -0.25) is 10.1 Å². The highest BCUT2D eigenvalue weighted by Gasteiger charge is 2.16. The van der Waals surface area contributed by atoms with Gasteiger partial charge in [-0.1, -0.05) is 28.3 Å². The molecule has 0 aliphatic heterocycles. The van der Waals surface area contributed by atoms with Crippen molar-refractivity contribution >= 4 is 51.1 Å². The Morgan fingerprint density at radius 3 is 2.45 bits per heavy atom. The molecule has 2 aromatic heterocycles. The molecule has 6 nitrogen and oxygen atoms in total. The molecule has 0 fully saturated rings. The molecule has 112 valence electrons. The molecule has 0 aliphatic carbocycles.